The van der Waals surface area contributed by atoms with E-state index in [1.807, 2.05) is 20.9 Å². The van der Waals surface area contributed by atoms with Gasteiger partial charge in [0, 0.05) is 6.61 Å². The summed E-state index contributed by atoms with van der Waals surface area (Å²) in [5.41, 5.74) is 1.75. The van der Waals surface area contributed by atoms with Gasteiger partial charge in [0.25, 0.3) is 0 Å². The van der Waals surface area contributed by atoms with Crippen LogP contribution < -0.4 is 5.32 Å². The van der Waals surface area contributed by atoms with E-state index in [0.717, 1.165) is 29.9 Å². The van der Waals surface area contributed by atoms with Crippen LogP contribution in [-0.4, -0.2) is 19.3 Å². The average molecular weight is 293 g/mol. The van der Waals surface area contributed by atoms with Gasteiger partial charge in [-0.25, -0.2) is 4.39 Å². The number of hydrogen-bond acceptors (Lipinski definition) is 2. The molecular formula is C18H28FNO. The second-order valence-corrected chi connectivity index (χ2v) is 6.46. The molecular weight excluding hydrogens is 265 g/mol. The number of aryl methyl sites for hydroxylation is 1. The molecule has 3 heteroatoms. The molecule has 1 aliphatic carbocycles. The minimum atomic E-state index is -0.212. The van der Waals surface area contributed by atoms with Crippen LogP contribution in [0.4, 0.5) is 4.39 Å². The molecule has 2 rings (SSSR count). The molecule has 1 aromatic carbocycles. The Morgan fingerprint density at radius 3 is 2.52 bits per heavy atom. The smallest absolute Gasteiger partial charge is 0.123 e. The van der Waals surface area contributed by atoms with Crippen LogP contribution in [-0.2, 0) is 4.74 Å². The zero-order chi connectivity index (χ0) is 15.5. The van der Waals surface area contributed by atoms with Crippen molar-refractivity contribution in [1.29, 1.82) is 0 Å². The van der Waals surface area contributed by atoms with Crippen molar-refractivity contribution >= 4 is 0 Å². The van der Waals surface area contributed by atoms with E-state index in [-0.39, 0.29) is 17.5 Å². The van der Waals surface area contributed by atoms with Gasteiger partial charge >= 0.3 is 0 Å². The number of nitrogens with one attached hydrogen (secondary N) is 1. The van der Waals surface area contributed by atoms with Crippen LogP contribution in [0, 0.1) is 18.7 Å². The summed E-state index contributed by atoms with van der Waals surface area (Å²) in [5, 5.41) is 3.39. The zero-order valence-corrected chi connectivity index (χ0v) is 13.7. The van der Waals surface area contributed by atoms with Crippen molar-refractivity contribution in [3.8, 4) is 0 Å². The minimum Gasteiger partial charge on any atom is -0.373 e. The summed E-state index contributed by atoms with van der Waals surface area (Å²) in [6, 6.07) is 5.34. The summed E-state index contributed by atoms with van der Waals surface area (Å²) in [7, 11) is 1.95. The number of halogens is 1. The molecule has 1 N–H and O–H groups in total. The van der Waals surface area contributed by atoms with Gasteiger partial charge < -0.3 is 10.1 Å². The van der Waals surface area contributed by atoms with Crippen LogP contribution in [0.25, 0.3) is 0 Å². The Bertz CT molecular complexity index is 446. The van der Waals surface area contributed by atoms with Crippen LogP contribution in [0.5, 0.6) is 0 Å². The monoisotopic (exact) mass is 293 g/mol. The molecule has 0 aliphatic heterocycles. The first-order valence-electron chi connectivity index (χ1n) is 8.09. The molecule has 0 radical (unpaired) electrons. The molecule has 21 heavy (non-hydrogen) atoms. The Labute approximate surface area is 128 Å². The first kappa shape index (κ1) is 16.4. The summed E-state index contributed by atoms with van der Waals surface area (Å²) >= 11 is 0. The Morgan fingerprint density at radius 1 is 1.33 bits per heavy atom. The predicted octanol–water partition coefficient (Wildman–Crippen LogP) is 4.38. The molecule has 0 saturated heterocycles. The Balaban J connectivity index is 2.35. The fraction of sp³-hybridized carbons (Fsp3) is 0.667. The molecule has 1 aromatic rings. The lowest BCUT2D eigenvalue weighted by Gasteiger charge is -2.45. The molecule has 0 bridgehead atoms. The maximum absolute atomic E-state index is 13.8. The van der Waals surface area contributed by atoms with Crippen molar-refractivity contribution in [2.75, 3.05) is 13.7 Å². The lowest BCUT2D eigenvalue weighted by molar-refractivity contribution is -0.0962. The summed E-state index contributed by atoms with van der Waals surface area (Å²) < 4.78 is 20.0. The molecule has 0 heterocycles. The SMILES string of the molecule is CCOC1(C(NC)c2cc(C)cc(F)c2)CCC(C)CC1. The molecule has 2 nitrogen and oxygen atoms in total. The molecule has 0 spiro atoms. The number of hydrogen-bond donors (Lipinski definition) is 1. The van der Waals surface area contributed by atoms with Crippen molar-refractivity contribution in [3.05, 3.63) is 35.1 Å². The maximum Gasteiger partial charge on any atom is 0.123 e. The molecule has 1 fully saturated rings. The lowest BCUT2D eigenvalue weighted by atomic mass is 9.73. The molecule has 0 amide bonds. The van der Waals surface area contributed by atoms with Gasteiger partial charge in [0.05, 0.1) is 11.6 Å². The standard InChI is InChI=1S/C18H28FNO/c1-5-21-18(8-6-13(2)7-9-18)17(20-4)15-10-14(3)11-16(19)12-15/h10-13,17,20H,5-9H2,1-4H3. The van der Waals surface area contributed by atoms with Gasteiger partial charge in [0.1, 0.15) is 5.82 Å². The molecule has 1 unspecified atom stereocenters. The Morgan fingerprint density at radius 2 is 2.00 bits per heavy atom. The lowest BCUT2D eigenvalue weighted by Crippen LogP contribution is -2.47. The maximum atomic E-state index is 13.8. The number of likely N-dealkylation sites (N-methyl/N-ethyl adjacent to an activating group) is 1. The molecule has 1 aliphatic rings. The van der Waals surface area contributed by atoms with E-state index < -0.39 is 0 Å². The molecule has 1 saturated carbocycles. The zero-order valence-electron chi connectivity index (χ0n) is 13.7. The van der Waals surface area contributed by atoms with Crippen molar-refractivity contribution in [3.63, 3.8) is 0 Å². The van der Waals surface area contributed by atoms with Gasteiger partial charge in [-0.15, -0.1) is 0 Å². The van der Waals surface area contributed by atoms with Gasteiger partial charge in [-0.2, -0.15) is 0 Å². The van der Waals surface area contributed by atoms with Crippen LogP contribution in [0.15, 0.2) is 18.2 Å². The highest BCUT2D eigenvalue weighted by atomic mass is 19.1. The first-order chi connectivity index (χ1) is 10.0. The summed E-state index contributed by atoms with van der Waals surface area (Å²) in [4.78, 5) is 0. The second kappa shape index (κ2) is 6.89. The van der Waals surface area contributed by atoms with E-state index in [1.165, 1.54) is 12.8 Å². The van der Waals surface area contributed by atoms with E-state index in [4.69, 9.17) is 4.74 Å². The highest BCUT2D eigenvalue weighted by molar-refractivity contribution is 5.28. The largest absolute Gasteiger partial charge is 0.373 e. The third-order valence-corrected chi connectivity index (χ3v) is 4.76. The van der Waals surface area contributed by atoms with Gasteiger partial charge in [-0.3, -0.25) is 0 Å². The quantitative estimate of drug-likeness (QED) is 0.870. The molecule has 0 aromatic heterocycles. The molecule has 1 atom stereocenters. The van der Waals surface area contributed by atoms with Crippen molar-refractivity contribution < 1.29 is 9.13 Å². The Kier molecular flexibility index (Phi) is 5.39. The first-order valence-corrected chi connectivity index (χ1v) is 8.09. The normalized spacial score (nSPS) is 27.6. The third-order valence-electron chi connectivity index (χ3n) is 4.76. The Hall–Kier alpha value is -0.930. The average Bonchev–Trinajstić information content (AvgIpc) is 2.42. The van der Waals surface area contributed by atoms with Gasteiger partial charge in [0.15, 0.2) is 0 Å². The van der Waals surface area contributed by atoms with Crippen molar-refractivity contribution in [2.45, 2.75) is 58.1 Å². The second-order valence-electron chi connectivity index (χ2n) is 6.46. The third kappa shape index (κ3) is 3.64. The van der Waals surface area contributed by atoms with Crippen molar-refractivity contribution in [1.82, 2.24) is 5.32 Å². The van der Waals surface area contributed by atoms with E-state index in [0.29, 0.717) is 6.61 Å². The summed E-state index contributed by atoms with van der Waals surface area (Å²) in [6.45, 7) is 6.98. The molecule has 118 valence electrons. The van der Waals surface area contributed by atoms with Crippen molar-refractivity contribution in [2.24, 2.45) is 5.92 Å². The van der Waals surface area contributed by atoms with E-state index >= 15 is 0 Å². The van der Waals surface area contributed by atoms with E-state index in [2.05, 4.69) is 18.3 Å². The minimum absolute atomic E-state index is 0.0411. The highest BCUT2D eigenvalue weighted by Crippen LogP contribution is 2.43. The van der Waals surface area contributed by atoms with Gasteiger partial charge in [-0.05, 0) is 75.8 Å². The number of ether oxygens (including phenoxy) is 1. The van der Waals surface area contributed by atoms with Crippen LogP contribution in [0.2, 0.25) is 0 Å². The summed E-state index contributed by atoms with van der Waals surface area (Å²) in [5.74, 6) is 0.589. The van der Waals surface area contributed by atoms with Crippen LogP contribution in [0.3, 0.4) is 0 Å². The fourth-order valence-corrected chi connectivity index (χ4v) is 3.72. The fourth-order valence-electron chi connectivity index (χ4n) is 3.72. The highest BCUT2D eigenvalue weighted by Gasteiger charge is 2.42. The van der Waals surface area contributed by atoms with E-state index in [1.54, 1.807) is 12.1 Å². The van der Waals surface area contributed by atoms with Gasteiger partial charge in [0.2, 0.25) is 0 Å². The van der Waals surface area contributed by atoms with Crippen LogP contribution in [0.1, 0.15) is 56.7 Å². The number of benzene rings is 1. The van der Waals surface area contributed by atoms with Gasteiger partial charge in [-0.1, -0.05) is 13.0 Å². The topological polar surface area (TPSA) is 21.3 Å². The van der Waals surface area contributed by atoms with E-state index in [9.17, 15) is 4.39 Å². The number of rotatable bonds is 5. The van der Waals surface area contributed by atoms with Crippen LogP contribution >= 0.6 is 0 Å². The summed E-state index contributed by atoms with van der Waals surface area (Å²) in [6.07, 6.45) is 4.41. The predicted molar refractivity (Wildman–Crippen MR) is 84.9 cm³/mol.